The Kier molecular flexibility index (Phi) is 4.42. The number of carbonyl (C=O) groups excluding carboxylic acids is 1. The molecule has 0 fully saturated rings. The molecule has 2 aromatic rings. The van der Waals surface area contributed by atoms with Crippen molar-refractivity contribution >= 4 is 11.7 Å². The van der Waals surface area contributed by atoms with Crippen molar-refractivity contribution in [3.05, 3.63) is 41.2 Å². The number of rotatable bonds is 3. The summed E-state index contributed by atoms with van der Waals surface area (Å²) in [5, 5.41) is 18.9. The highest BCUT2D eigenvalue weighted by Gasteiger charge is 2.25. The molecule has 0 unspecified atom stereocenters. The van der Waals surface area contributed by atoms with Crippen LogP contribution in [0.15, 0.2) is 18.2 Å². The first-order valence-corrected chi connectivity index (χ1v) is 7.81. The number of hydrogen-bond acceptors (Lipinski definition) is 4. The third-order valence-electron chi connectivity index (χ3n) is 3.89. The molecule has 0 spiro atoms. The first-order chi connectivity index (χ1) is 11.6. The van der Waals surface area contributed by atoms with Crippen LogP contribution in [0.5, 0.6) is 0 Å². The molecule has 2 amide bonds. The fourth-order valence-corrected chi connectivity index (χ4v) is 2.72. The molecule has 124 valence electrons. The maximum atomic E-state index is 13.1. The van der Waals surface area contributed by atoms with Crippen molar-refractivity contribution in [1.29, 1.82) is 5.26 Å². The highest BCUT2D eigenvalue weighted by molar-refractivity contribution is 5.90. The SMILES string of the molecule is CCc1nc2n(n1)CCC[C@@H]2NC(=O)Nc1ccc(F)cc1C#N. The minimum Gasteiger partial charge on any atom is -0.328 e. The van der Waals surface area contributed by atoms with Gasteiger partial charge < -0.3 is 10.6 Å². The molecule has 1 atom stereocenters. The average Bonchev–Trinajstić information content (AvgIpc) is 3.01. The van der Waals surface area contributed by atoms with E-state index in [4.69, 9.17) is 5.26 Å². The number of aryl methyl sites for hydroxylation is 2. The number of halogens is 1. The van der Waals surface area contributed by atoms with Crippen molar-refractivity contribution in [2.45, 2.75) is 38.8 Å². The second-order valence-electron chi connectivity index (χ2n) is 5.56. The van der Waals surface area contributed by atoms with E-state index in [0.717, 1.165) is 43.5 Å². The van der Waals surface area contributed by atoms with Gasteiger partial charge in [-0.25, -0.2) is 18.9 Å². The van der Waals surface area contributed by atoms with Crippen molar-refractivity contribution in [2.24, 2.45) is 0 Å². The fraction of sp³-hybridized carbons (Fsp3) is 0.375. The van der Waals surface area contributed by atoms with Gasteiger partial charge in [0.15, 0.2) is 5.82 Å². The molecule has 0 saturated heterocycles. The number of aromatic nitrogens is 3. The Balaban J connectivity index is 1.73. The molecule has 2 N–H and O–H groups in total. The van der Waals surface area contributed by atoms with Gasteiger partial charge in [-0.05, 0) is 31.0 Å². The summed E-state index contributed by atoms with van der Waals surface area (Å²) in [5.41, 5.74) is 0.341. The minimum absolute atomic E-state index is 0.0743. The number of fused-ring (bicyclic) bond motifs is 1. The van der Waals surface area contributed by atoms with Crippen LogP contribution in [0, 0.1) is 17.1 Å². The van der Waals surface area contributed by atoms with E-state index in [2.05, 4.69) is 20.7 Å². The first kappa shape index (κ1) is 15.9. The van der Waals surface area contributed by atoms with Gasteiger partial charge in [-0.2, -0.15) is 10.4 Å². The van der Waals surface area contributed by atoms with E-state index in [1.54, 1.807) is 0 Å². The molecule has 1 aromatic carbocycles. The second kappa shape index (κ2) is 6.66. The van der Waals surface area contributed by atoms with Crippen LogP contribution in [0.1, 0.15) is 43.0 Å². The summed E-state index contributed by atoms with van der Waals surface area (Å²) in [6, 6.07) is 4.81. The van der Waals surface area contributed by atoms with E-state index in [0.29, 0.717) is 0 Å². The Morgan fingerprint density at radius 1 is 1.54 bits per heavy atom. The molecular formula is C16H17FN6O. The molecule has 3 rings (SSSR count). The van der Waals surface area contributed by atoms with E-state index in [1.165, 1.54) is 12.1 Å². The van der Waals surface area contributed by atoms with Crippen LogP contribution in [0.3, 0.4) is 0 Å². The number of amides is 2. The van der Waals surface area contributed by atoms with Crippen LogP contribution >= 0.6 is 0 Å². The molecule has 2 heterocycles. The van der Waals surface area contributed by atoms with Gasteiger partial charge in [0.2, 0.25) is 0 Å². The van der Waals surface area contributed by atoms with Crippen LogP contribution in [0.25, 0.3) is 0 Å². The minimum atomic E-state index is -0.523. The van der Waals surface area contributed by atoms with Crippen molar-refractivity contribution in [3.63, 3.8) is 0 Å². The molecule has 8 heteroatoms. The zero-order valence-electron chi connectivity index (χ0n) is 13.2. The van der Waals surface area contributed by atoms with E-state index < -0.39 is 11.8 Å². The van der Waals surface area contributed by atoms with E-state index >= 15 is 0 Å². The van der Waals surface area contributed by atoms with Crippen LogP contribution in [-0.2, 0) is 13.0 Å². The van der Waals surface area contributed by atoms with E-state index in [-0.39, 0.29) is 17.3 Å². The lowest BCUT2D eigenvalue weighted by molar-refractivity contribution is 0.244. The van der Waals surface area contributed by atoms with Gasteiger partial charge in [-0.1, -0.05) is 6.92 Å². The van der Waals surface area contributed by atoms with Gasteiger partial charge >= 0.3 is 6.03 Å². The topological polar surface area (TPSA) is 95.6 Å². The standard InChI is InChI=1S/C16H17FN6O/c1-2-14-21-15-13(4-3-7-23(15)22-14)20-16(24)19-12-6-5-11(17)8-10(12)9-18/h5-6,8,13H,2-4,7H2,1H3,(H2,19,20,24)/t13-/m0/s1. The maximum Gasteiger partial charge on any atom is 0.319 e. The lowest BCUT2D eigenvalue weighted by Crippen LogP contribution is -2.36. The molecule has 7 nitrogen and oxygen atoms in total. The number of nitrogens with one attached hydrogen (secondary N) is 2. The summed E-state index contributed by atoms with van der Waals surface area (Å²) in [4.78, 5) is 16.7. The van der Waals surface area contributed by atoms with Crippen LogP contribution in [0.2, 0.25) is 0 Å². The van der Waals surface area contributed by atoms with E-state index in [1.807, 2.05) is 17.7 Å². The zero-order valence-corrected chi connectivity index (χ0v) is 13.2. The van der Waals surface area contributed by atoms with Crippen molar-refractivity contribution in [3.8, 4) is 6.07 Å². The first-order valence-electron chi connectivity index (χ1n) is 7.81. The molecule has 24 heavy (non-hydrogen) atoms. The summed E-state index contributed by atoms with van der Waals surface area (Å²) >= 11 is 0. The highest BCUT2D eigenvalue weighted by Crippen LogP contribution is 2.23. The Morgan fingerprint density at radius 2 is 2.38 bits per heavy atom. The molecule has 1 aromatic heterocycles. The summed E-state index contributed by atoms with van der Waals surface area (Å²) in [6.45, 7) is 2.77. The quantitative estimate of drug-likeness (QED) is 0.905. The number of urea groups is 1. The third-order valence-corrected chi connectivity index (χ3v) is 3.89. The molecule has 0 saturated carbocycles. The summed E-state index contributed by atoms with van der Waals surface area (Å²) in [7, 11) is 0. The van der Waals surface area contributed by atoms with Crippen LogP contribution in [-0.4, -0.2) is 20.8 Å². The van der Waals surface area contributed by atoms with E-state index in [9.17, 15) is 9.18 Å². The average molecular weight is 328 g/mol. The van der Waals surface area contributed by atoms with Gasteiger partial charge in [0, 0.05) is 13.0 Å². The van der Waals surface area contributed by atoms with Crippen LogP contribution < -0.4 is 10.6 Å². The molecule has 0 bridgehead atoms. The Labute approximate surface area is 138 Å². The molecular weight excluding hydrogens is 311 g/mol. The summed E-state index contributed by atoms with van der Waals surface area (Å²) in [6.07, 6.45) is 2.40. The zero-order chi connectivity index (χ0) is 17.1. The maximum absolute atomic E-state index is 13.1. The molecule has 1 aliphatic heterocycles. The summed E-state index contributed by atoms with van der Waals surface area (Å²) in [5.74, 6) is 0.974. The molecule has 0 radical (unpaired) electrons. The summed E-state index contributed by atoms with van der Waals surface area (Å²) < 4.78 is 15.0. The predicted octanol–water partition coefficient (Wildman–Crippen LogP) is 2.51. The number of carbonyl (C=O) groups is 1. The van der Waals surface area contributed by atoms with Crippen molar-refractivity contribution in [2.75, 3.05) is 5.32 Å². The normalized spacial score (nSPS) is 16.1. The number of benzene rings is 1. The largest absolute Gasteiger partial charge is 0.328 e. The lowest BCUT2D eigenvalue weighted by atomic mass is 10.1. The monoisotopic (exact) mass is 328 g/mol. The highest BCUT2D eigenvalue weighted by atomic mass is 19.1. The number of nitrogens with zero attached hydrogens (tertiary/aromatic N) is 4. The fourth-order valence-electron chi connectivity index (χ4n) is 2.72. The Bertz CT molecular complexity index is 809. The van der Waals surface area contributed by atoms with Gasteiger partial charge in [-0.3, -0.25) is 0 Å². The van der Waals surface area contributed by atoms with Crippen molar-refractivity contribution < 1.29 is 9.18 Å². The van der Waals surface area contributed by atoms with Crippen LogP contribution in [0.4, 0.5) is 14.9 Å². The molecule has 1 aliphatic rings. The number of anilines is 1. The van der Waals surface area contributed by atoms with Crippen molar-refractivity contribution in [1.82, 2.24) is 20.1 Å². The smallest absolute Gasteiger partial charge is 0.319 e. The lowest BCUT2D eigenvalue weighted by Gasteiger charge is -2.23. The predicted molar refractivity (Wildman–Crippen MR) is 84.6 cm³/mol. The van der Waals surface area contributed by atoms with Gasteiger partial charge in [-0.15, -0.1) is 0 Å². The number of nitriles is 1. The Morgan fingerprint density at radius 3 is 3.12 bits per heavy atom. The number of hydrogen-bond donors (Lipinski definition) is 2. The van der Waals surface area contributed by atoms with Gasteiger partial charge in [0.05, 0.1) is 17.3 Å². The van der Waals surface area contributed by atoms with Gasteiger partial charge in [0.25, 0.3) is 0 Å². The van der Waals surface area contributed by atoms with Gasteiger partial charge in [0.1, 0.15) is 17.7 Å². The molecule has 0 aliphatic carbocycles. The third kappa shape index (κ3) is 3.20. The second-order valence-corrected chi connectivity index (χ2v) is 5.56. The Hall–Kier alpha value is -2.95.